The first kappa shape index (κ1) is 26.0. The van der Waals surface area contributed by atoms with Crippen molar-refractivity contribution in [2.24, 2.45) is 17.8 Å². The summed E-state index contributed by atoms with van der Waals surface area (Å²) in [6.45, 7) is 6.36. The molecular weight excluding hydrogens is 441 g/mol. The third kappa shape index (κ3) is 7.74. The van der Waals surface area contributed by atoms with E-state index in [9.17, 15) is 18.0 Å². The van der Waals surface area contributed by atoms with E-state index in [0.717, 1.165) is 38.2 Å². The highest BCUT2D eigenvalue weighted by Crippen LogP contribution is 2.39. The molecule has 1 fully saturated rings. The maximum atomic E-state index is 13.8. The number of aromatic nitrogens is 1. The lowest BCUT2D eigenvalue weighted by atomic mass is 9.87. The van der Waals surface area contributed by atoms with Gasteiger partial charge in [0.05, 0.1) is 12.2 Å². The third-order valence-electron chi connectivity index (χ3n) is 6.24. The fourth-order valence-electron chi connectivity index (χ4n) is 4.69. The van der Waals surface area contributed by atoms with E-state index in [1.54, 1.807) is 18.2 Å². The molecule has 186 valence electrons. The van der Waals surface area contributed by atoms with E-state index >= 15 is 0 Å². The Labute approximate surface area is 200 Å². The van der Waals surface area contributed by atoms with Crippen molar-refractivity contribution in [3.05, 3.63) is 42.1 Å². The number of carbonyl (C=O) groups excluding carboxylic acids is 1. The number of nitrogens with zero attached hydrogens (tertiary/aromatic N) is 1. The fourth-order valence-corrected chi connectivity index (χ4v) is 4.69. The molecule has 7 heteroatoms. The van der Waals surface area contributed by atoms with E-state index in [4.69, 9.17) is 4.74 Å². The zero-order chi connectivity index (χ0) is 24.7. The number of alkyl halides is 3. The summed E-state index contributed by atoms with van der Waals surface area (Å²) in [5.74, 6) is 1.07. The summed E-state index contributed by atoms with van der Waals surface area (Å²) in [6.07, 6.45) is 3.94. The Morgan fingerprint density at radius 2 is 1.79 bits per heavy atom. The summed E-state index contributed by atoms with van der Waals surface area (Å²) in [6, 6.07) is 7.34. The van der Waals surface area contributed by atoms with Crippen LogP contribution in [0, 0.1) is 17.8 Å². The summed E-state index contributed by atoms with van der Waals surface area (Å²) in [5, 5.41) is 2.81. The lowest BCUT2D eigenvalue weighted by Crippen LogP contribution is -2.18. The van der Waals surface area contributed by atoms with E-state index in [-0.39, 0.29) is 24.2 Å². The van der Waals surface area contributed by atoms with Crippen LogP contribution < -0.4 is 10.1 Å². The van der Waals surface area contributed by atoms with Crippen LogP contribution in [0.4, 0.5) is 19.0 Å². The Hall–Kier alpha value is -2.57. The number of halogens is 3. The number of carbonyl (C=O) groups is 1. The predicted molar refractivity (Wildman–Crippen MR) is 129 cm³/mol. The predicted octanol–water partition coefficient (Wildman–Crippen LogP) is 7.74. The fraction of sp³-hybridized carbons (Fsp3) is 0.556. The highest BCUT2D eigenvalue weighted by molar-refractivity contribution is 5.90. The van der Waals surface area contributed by atoms with E-state index in [0.29, 0.717) is 35.2 Å². The normalized spacial score (nSPS) is 15.9. The van der Waals surface area contributed by atoms with Crippen molar-refractivity contribution in [2.45, 2.75) is 71.9 Å². The van der Waals surface area contributed by atoms with Gasteiger partial charge in [-0.2, -0.15) is 13.2 Å². The maximum absolute atomic E-state index is 13.8. The molecule has 1 aromatic heterocycles. The van der Waals surface area contributed by atoms with Crippen molar-refractivity contribution in [2.75, 3.05) is 11.9 Å². The number of nitrogens with one attached hydrogen (secondary N) is 1. The van der Waals surface area contributed by atoms with Crippen LogP contribution in [0.3, 0.4) is 0 Å². The van der Waals surface area contributed by atoms with E-state index < -0.39 is 11.7 Å². The highest BCUT2D eigenvalue weighted by atomic mass is 19.4. The minimum absolute atomic E-state index is 0.105. The van der Waals surface area contributed by atoms with Gasteiger partial charge in [0, 0.05) is 12.6 Å². The van der Waals surface area contributed by atoms with Crippen molar-refractivity contribution < 1.29 is 22.7 Å². The Morgan fingerprint density at radius 3 is 2.47 bits per heavy atom. The Kier molecular flexibility index (Phi) is 8.97. The molecular formula is C27H35F3N2O2. The van der Waals surface area contributed by atoms with Crippen molar-refractivity contribution in [1.29, 1.82) is 0 Å². The zero-order valence-electron chi connectivity index (χ0n) is 20.3. The molecule has 34 heavy (non-hydrogen) atoms. The second-order valence-electron chi connectivity index (χ2n) is 9.94. The first-order valence-electron chi connectivity index (χ1n) is 12.2. The van der Waals surface area contributed by atoms with Crippen LogP contribution in [-0.2, 0) is 11.0 Å². The molecule has 0 bridgehead atoms. The molecule has 2 aromatic rings. The molecule has 1 saturated carbocycles. The molecule has 1 aliphatic rings. The van der Waals surface area contributed by atoms with Crippen LogP contribution in [0.1, 0.15) is 71.3 Å². The molecule has 1 unspecified atom stereocenters. The van der Waals surface area contributed by atoms with Gasteiger partial charge in [-0.3, -0.25) is 4.79 Å². The van der Waals surface area contributed by atoms with Crippen molar-refractivity contribution in [3.8, 4) is 16.9 Å². The zero-order valence-corrected chi connectivity index (χ0v) is 20.3. The summed E-state index contributed by atoms with van der Waals surface area (Å²) in [4.78, 5) is 16.6. The van der Waals surface area contributed by atoms with Crippen LogP contribution in [0.5, 0.6) is 5.75 Å². The standard InChI is InChI=1S/C27H35F3N2O2/c1-18(2)13-19(3)17-34-24-10-9-21(15-23(24)27(28,29)30)22-11-12-31-25(16-22)32-26(33)14-20-7-5-4-6-8-20/h9-12,15-16,18-20H,4-8,13-14,17H2,1-3H3,(H,31,32,33). The number of benzene rings is 1. The molecule has 1 aromatic carbocycles. The first-order valence-corrected chi connectivity index (χ1v) is 12.2. The van der Waals surface area contributed by atoms with Crippen LogP contribution >= 0.6 is 0 Å². The summed E-state index contributed by atoms with van der Waals surface area (Å²) < 4.78 is 47.0. The summed E-state index contributed by atoms with van der Waals surface area (Å²) in [7, 11) is 0. The third-order valence-corrected chi connectivity index (χ3v) is 6.24. The monoisotopic (exact) mass is 476 g/mol. The van der Waals surface area contributed by atoms with Gasteiger partial charge in [-0.1, -0.05) is 46.1 Å². The minimum atomic E-state index is -4.54. The molecule has 4 nitrogen and oxygen atoms in total. The van der Waals surface area contributed by atoms with Crippen LogP contribution in [0.2, 0.25) is 0 Å². The highest BCUT2D eigenvalue weighted by Gasteiger charge is 2.35. The lowest BCUT2D eigenvalue weighted by Gasteiger charge is -2.20. The Morgan fingerprint density at radius 1 is 1.09 bits per heavy atom. The molecule has 1 amide bonds. The number of anilines is 1. The van der Waals surface area contributed by atoms with E-state index in [1.807, 2.05) is 6.92 Å². The smallest absolute Gasteiger partial charge is 0.419 e. The minimum Gasteiger partial charge on any atom is -0.493 e. The molecule has 1 aliphatic carbocycles. The van der Waals surface area contributed by atoms with E-state index in [2.05, 4.69) is 24.1 Å². The molecule has 1 heterocycles. The number of hydrogen-bond acceptors (Lipinski definition) is 3. The van der Waals surface area contributed by atoms with Crippen molar-refractivity contribution in [3.63, 3.8) is 0 Å². The average molecular weight is 477 g/mol. The van der Waals surface area contributed by atoms with Gasteiger partial charge in [0.1, 0.15) is 11.6 Å². The Bertz CT molecular complexity index is 953. The average Bonchev–Trinajstić information content (AvgIpc) is 2.77. The van der Waals surface area contributed by atoms with Crippen LogP contribution in [-0.4, -0.2) is 17.5 Å². The molecule has 0 aliphatic heterocycles. The topological polar surface area (TPSA) is 51.2 Å². The van der Waals surface area contributed by atoms with Crippen molar-refractivity contribution in [1.82, 2.24) is 4.98 Å². The molecule has 3 rings (SSSR count). The summed E-state index contributed by atoms with van der Waals surface area (Å²) in [5.41, 5.74) is 0.134. The van der Waals surface area contributed by atoms with Gasteiger partial charge in [-0.15, -0.1) is 0 Å². The Balaban J connectivity index is 1.74. The SMILES string of the molecule is CC(C)CC(C)COc1ccc(-c2ccnc(NC(=O)CC3CCCCC3)c2)cc1C(F)(F)F. The van der Waals surface area contributed by atoms with Crippen LogP contribution in [0.25, 0.3) is 11.1 Å². The van der Waals surface area contributed by atoms with Gasteiger partial charge in [0.25, 0.3) is 0 Å². The van der Waals surface area contributed by atoms with Crippen molar-refractivity contribution >= 4 is 11.7 Å². The largest absolute Gasteiger partial charge is 0.493 e. The van der Waals surface area contributed by atoms with Crippen LogP contribution in [0.15, 0.2) is 36.5 Å². The molecule has 0 saturated heterocycles. The van der Waals surface area contributed by atoms with Gasteiger partial charge in [-0.25, -0.2) is 4.98 Å². The number of rotatable bonds is 9. The maximum Gasteiger partial charge on any atom is 0.419 e. The first-order chi connectivity index (χ1) is 16.1. The van der Waals surface area contributed by atoms with Gasteiger partial charge >= 0.3 is 6.18 Å². The molecule has 0 spiro atoms. The summed E-state index contributed by atoms with van der Waals surface area (Å²) >= 11 is 0. The molecule has 0 radical (unpaired) electrons. The van der Waals surface area contributed by atoms with Gasteiger partial charge in [0.15, 0.2) is 0 Å². The number of ether oxygens (including phenoxy) is 1. The second kappa shape index (κ2) is 11.7. The van der Waals surface area contributed by atoms with Gasteiger partial charge in [-0.05, 0) is 72.4 Å². The molecule has 1 N–H and O–H groups in total. The second-order valence-corrected chi connectivity index (χ2v) is 9.94. The molecule has 1 atom stereocenters. The number of amides is 1. The van der Waals surface area contributed by atoms with Gasteiger partial charge in [0.2, 0.25) is 5.91 Å². The quantitative estimate of drug-likeness (QED) is 0.403. The number of pyridine rings is 1. The number of hydrogen-bond donors (Lipinski definition) is 1. The van der Waals surface area contributed by atoms with Gasteiger partial charge < -0.3 is 10.1 Å². The lowest BCUT2D eigenvalue weighted by molar-refractivity contribution is -0.139. The van der Waals surface area contributed by atoms with E-state index in [1.165, 1.54) is 18.7 Å².